The zero-order valence-corrected chi connectivity index (χ0v) is 11.5. The molecule has 1 unspecified atom stereocenters. The molecule has 0 bridgehead atoms. The maximum atomic E-state index is 13.4. The zero-order chi connectivity index (χ0) is 13.1. The fourth-order valence-electron chi connectivity index (χ4n) is 1.79. The van der Waals surface area contributed by atoms with Gasteiger partial charge in [0.2, 0.25) is 0 Å². The number of aryl methyl sites for hydroxylation is 1. The molecule has 0 saturated heterocycles. The fourth-order valence-corrected chi connectivity index (χ4v) is 2.21. The Morgan fingerprint density at radius 2 is 2.33 bits per heavy atom. The summed E-state index contributed by atoms with van der Waals surface area (Å²) in [5.74, 6) is 5.27. The van der Waals surface area contributed by atoms with Gasteiger partial charge in [0.1, 0.15) is 5.82 Å². The predicted octanol–water partition coefficient (Wildman–Crippen LogP) is 2.07. The summed E-state index contributed by atoms with van der Waals surface area (Å²) in [5.41, 5.74) is 4.39. The largest absolute Gasteiger partial charge is 0.340 e. The SMILES string of the molecule is Cn1cnc(C(Cc2cccc(F)c2Br)NN)c1. The molecule has 0 aliphatic carbocycles. The second kappa shape index (κ2) is 5.60. The first-order valence-electron chi connectivity index (χ1n) is 5.48. The summed E-state index contributed by atoms with van der Waals surface area (Å²) in [6, 6.07) is 4.81. The van der Waals surface area contributed by atoms with Gasteiger partial charge in [-0.15, -0.1) is 0 Å². The molecular formula is C12H14BrFN4. The molecule has 0 spiro atoms. The first kappa shape index (κ1) is 13.2. The van der Waals surface area contributed by atoms with Crippen LogP contribution in [0.3, 0.4) is 0 Å². The van der Waals surface area contributed by atoms with Gasteiger partial charge in [-0.1, -0.05) is 12.1 Å². The van der Waals surface area contributed by atoms with Crippen LogP contribution in [-0.2, 0) is 13.5 Å². The van der Waals surface area contributed by atoms with Crippen LogP contribution in [0.4, 0.5) is 4.39 Å². The molecule has 0 fully saturated rings. The number of rotatable bonds is 4. The minimum Gasteiger partial charge on any atom is -0.340 e. The first-order valence-corrected chi connectivity index (χ1v) is 6.28. The Hall–Kier alpha value is -1.24. The van der Waals surface area contributed by atoms with Crippen LogP contribution in [-0.4, -0.2) is 9.55 Å². The monoisotopic (exact) mass is 312 g/mol. The third kappa shape index (κ3) is 2.77. The number of nitrogens with one attached hydrogen (secondary N) is 1. The molecule has 0 amide bonds. The summed E-state index contributed by atoms with van der Waals surface area (Å²) in [6.07, 6.45) is 4.16. The van der Waals surface area contributed by atoms with Gasteiger partial charge in [0.15, 0.2) is 0 Å². The van der Waals surface area contributed by atoms with Crippen LogP contribution in [0.2, 0.25) is 0 Å². The summed E-state index contributed by atoms with van der Waals surface area (Å²) in [5, 5.41) is 0. The second-order valence-corrected chi connectivity index (χ2v) is 4.89. The minimum absolute atomic E-state index is 0.149. The highest BCUT2D eigenvalue weighted by atomic mass is 79.9. The third-order valence-electron chi connectivity index (χ3n) is 2.74. The van der Waals surface area contributed by atoms with Crippen LogP contribution in [0.25, 0.3) is 0 Å². The molecule has 1 aromatic heterocycles. The van der Waals surface area contributed by atoms with Crippen molar-refractivity contribution in [3.05, 3.63) is 52.3 Å². The van der Waals surface area contributed by atoms with E-state index in [0.29, 0.717) is 10.9 Å². The second-order valence-electron chi connectivity index (χ2n) is 4.10. The summed E-state index contributed by atoms with van der Waals surface area (Å²) in [4.78, 5) is 4.25. The molecule has 18 heavy (non-hydrogen) atoms. The van der Waals surface area contributed by atoms with Gasteiger partial charge in [-0.2, -0.15) is 0 Å². The summed E-state index contributed by atoms with van der Waals surface area (Å²) in [6.45, 7) is 0. The molecule has 0 saturated carbocycles. The number of hydrogen-bond donors (Lipinski definition) is 2. The van der Waals surface area contributed by atoms with E-state index in [0.717, 1.165) is 11.3 Å². The van der Waals surface area contributed by atoms with Crippen molar-refractivity contribution in [3.8, 4) is 0 Å². The van der Waals surface area contributed by atoms with Gasteiger partial charge in [0, 0.05) is 13.2 Å². The average molecular weight is 313 g/mol. The highest BCUT2D eigenvalue weighted by Crippen LogP contribution is 2.25. The van der Waals surface area contributed by atoms with Crippen molar-refractivity contribution in [2.24, 2.45) is 12.9 Å². The highest BCUT2D eigenvalue weighted by Gasteiger charge is 2.15. The number of imidazole rings is 1. The molecule has 0 radical (unpaired) electrons. The molecule has 4 nitrogen and oxygen atoms in total. The fraction of sp³-hybridized carbons (Fsp3) is 0.250. The van der Waals surface area contributed by atoms with Crippen molar-refractivity contribution in [1.82, 2.24) is 15.0 Å². The standard InChI is InChI=1S/C12H14BrFN4/c1-18-6-11(16-7-18)10(17-15)5-8-3-2-4-9(14)12(8)13/h2-4,6-7,10,17H,5,15H2,1H3. The van der Waals surface area contributed by atoms with Crippen molar-refractivity contribution >= 4 is 15.9 Å². The maximum Gasteiger partial charge on any atom is 0.137 e. The molecule has 0 aliphatic heterocycles. The van der Waals surface area contributed by atoms with Crippen molar-refractivity contribution < 1.29 is 4.39 Å². The zero-order valence-electron chi connectivity index (χ0n) is 9.90. The van der Waals surface area contributed by atoms with E-state index in [1.807, 2.05) is 23.9 Å². The van der Waals surface area contributed by atoms with E-state index in [1.54, 1.807) is 12.4 Å². The quantitative estimate of drug-likeness (QED) is 0.671. The van der Waals surface area contributed by atoms with Crippen LogP contribution in [0.15, 0.2) is 35.2 Å². The van der Waals surface area contributed by atoms with Crippen molar-refractivity contribution in [2.75, 3.05) is 0 Å². The number of nitrogens with two attached hydrogens (primary N) is 1. The van der Waals surface area contributed by atoms with Gasteiger partial charge in [-0.05, 0) is 34.0 Å². The van der Waals surface area contributed by atoms with E-state index in [4.69, 9.17) is 5.84 Å². The molecule has 96 valence electrons. The van der Waals surface area contributed by atoms with E-state index < -0.39 is 0 Å². The Balaban J connectivity index is 2.23. The van der Waals surface area contributed by atoms with Crippen LogP contribution in [0, 0.1) is 5.82 Å². The molecule has 3 N–H and O–H groups in total. The van der Waals surface area contributed by atoms with Gasteiger partial charge in [-0.25, -0.2) is 9.37 Å². The topological polar surface area (TPSA) is 55.9 Å². The van der Waals surface area contributed by atoms with Crippen molar-refractivity contribution in [2.45, 2.75) is 12.5 Å². The number of nitrogens with zero attached hydrogens (tertiary/aromatic N) is 2. The smallest absolute Gasteiger partial charge is 0.137 e. The lowest BCUT2D eigenvalue weighted by molar-refractivity contribution is 0.535. The first-order chi connectivity index (χ1) is 8.61. The predicted molar refractivity (Wildman–Crippen MR) is 71.1 cm³/mol. The Kier molecular flexibility index (Phi) is 4.11. The average Bonchev–Trinajstić information content (AvgIpc) is 2.78. The Bertz CT molecular complexity index is 541. The number of hydrazine groups is 1. The Morgan fingerprint density at radius 3 is 2.94 bits per heavy atom. The lowest BCUT2D eigenvalue weighted by Gasteiger charge is -2.14. The Morgan fingerprint density at radius 1 is 1.56 bits per heavy atom. The number of aromatic nitrogens is 2. The lowest BCUT2D eigenvalue weighted by atomic mass is 10.0. The van der Waals surface area contributed by atoms with Gasteiger partial charge in [-0.3, -0.25) is 11.3 Å². The lowest BCUT2D eigenvalue weighted by Crippen LogP contribution is -2.30. The summed E-state index contributed by atoms with van der Waals surface area (Å²) >= 11 is 3.25. The van der Waals surface area contributed by atoms with E-state index in [9.17, 15) is 4.39 Å². The van der Waals surface area contributed by atoms with Gasteiger partial charge in [0.25, 0.3) is 0 Å². The molecule has 6 heteroatoms. The number of hydrogen-bond acceptors (Lipinski definition) is 3. The Labute approximate surface area is 113 Å². The van der Waals surface area contributed by atoms with Crippen LogP contribution in [0.5, 0.6) is 0 Å². The molecular weight excluding hydrogens is 299 g/mol. The number of halogens is 2. The summed E-state index contributed by atoms with van der Waals surface area (Å²) in [7, 11) is 1.89. The molecule has 2 rings (SSSR count). The minimum atomic E-state index is -0.274. The van der Waals surface area contributed by atoms with E-state index >= 15 is 0 Å². The molecule has 2 aromatic rings. The van der Waals surface area contributed by atoms with Crippen LogP contribution >= 0.6 is 15.9 Å². The van der Waals surface area contributed by atoms with E-state index in [2.05, 4.69) is 26.3 Å². The highest BCUT2D eigenvalue weighted by molar-refractivity contribution is 9.10. The van der Waals surface area contributed by atoms with Gasteiger partial charge < -0.3 is 4.57 Å². The van der Waals surface area contributed by atoms with Gasteiger partial charge >= 0.3 is 0 Å². The number of benzene rings is 1. The molecule has 1 atom stereocenters. The maximum absolute atomic E-state index is 13.4. The van der Waals surface area contributed by atoms with E-state index in [-0.39, 0.29) is 11.9 Å². The molecule has 1 aromatic carbocycles. The third-order valence-corrected chi connectivity index (χ3v) is 3.63. The normalized spacial score (nSPS) is 12.7. The van der Waals surface area contributed by atoms with Crippen LogP contribution in [0.1, 0.15) is 17.3 Å². The van der Waals surface area contributed by atoms with Crippen LogP contribution < -0.4 is 11.3 Å². The summed E-state index contributed by atoms with van der Waals surface area (Å²) < 4.78 is 15.7. The van der Waals surface area contributed by atoms with E-state index in [1.165, 1.54) is 6.07 Å². The van der Waals surface area contributed by atoms with Crippen molar-refractivity contribution in [1.29, 1.82) is 0 Å². The molecule has 1 heterocycles. The van der Waals surface area contributed by atoms with Gasteiger partial charge in [0.05, 0.1) is 22.5 Å². The molecule has 0 aliphatic rings. The van der Waals surface area contributed by atoms with Crippen molar-refractivity contribution in [3.63, 3.8) is 0 Å².